The van der Waals surface area contributed by atoms with Crippen molar-refractivity contribution in [2.45, 2.75) is 19.3 Å². The molecule has 0 fully saturated rings. The predicted octanol–water partition coefficient (Wildman–Crippen LogP) is 3.43. The minimum absolute atomic E-state index is 0.0364. The van der Waals surface area contributed by atoms with Gasteiger partial charge in [-0.3, -0.25) is 14.3 Å². The van der Waals surface area contributed by atoms with Crippen molar-refractivity contribution >= 4 is 23.5 Å². The Hall–Kier alpha value is -3.61. The standard InChI is InChI=1S/C22H20N4O3/c1-12-11-15-19(25-26(2)20(15)24-21(12)27)23-22(28)18-13-7-3-5-9-16(13)29-17-10-6-4-8-14(17)18/h3-10,12,18H,11H2,1-2H3,(H,24,27)(H,23,25,28)/t12-/m0/s1. The van der Waals surface area contributed by atoms with Crippen LogP contribution in [0.1, 0.15) is 29.5 Å². The SMILES string of the molecule is C[C@H]1Cc2c(NC(=O)C3c4ccccc4Oc4ccccc43)nn(C)c2NC1=O. The molecule has 0 saturated carbocycles. The van der Waals surface area contributed by atoms with E-state index in [4.69, 9.17) is 4.74 Å². The largest absolute Gasteiger partial charge is 0.457 e. The number of aromatic nitrogens is 2. The number of carbonyl (C=O) groups is 2. The number of carbonyl (C=O) groups excluding carboxylic acids is 2. The summed E-state index contributed by atoms with van der Waals surface area (Å²) in [6.07, 6.45) is 0.533. The van der Waals surface area contributed by atoms with Gasteiger partial charge in [0.15, 0.2) is 5.82 Å². The van der Waals surface area contributed by atoms with E-state index in [1.807, 2.05) is 55.5 Å². The molecule has 3 heterocycles. The number of para-hydroxylation sites is 2. The van der Waals surface area contributed by atoms with Gasteiger partial charge in [-0.2, -0.15) is 5.10 Å². The molecule has 2 N–H and O–H groups in total. The number of rotatable bonds is 2. The van der Waals surface area contributed by atoms with Crippen LogP contribution in [-0.2, 0) is 23.1 Å². The van der Waals surface area contributed by atoms with Crippen LogP contribution < -0.4 is 15.4 Å². The van der Waals surface area contributed by atoms with E-state index in [1.54, 1.807) is 11.7 Å². The van der Waals surface area contributed by atoms with Gasteiger partial charge in [-0.1, -0.05) is 43.3 Å². The number of aryl methyl sites for hydroxylation is 1. The van der Waals surface area contributed by atoms with Gasteiger partial charge in [-0.15, -0.1) is 0 Å². The molecule has 0 bridgehead atoms. The van der Waals surface area contributed by atoms with Crippen LogP contribution in [0.3, 0.4) is 0 Å². The minimum Gasteiger partial charge on any atom is -0.457 e. The lowest BCUT2D eigenvalue weighted by Crippen LogP contribution is -2.29. The third-order valence-electron chi connectivity index (χ3n) is 5.53. The number of nitrogens with zero attached hydrogens (tertiary/aromatic N) is 2. The van der Waals surface area contributed by atoms with Crippen molar-refractivity contribution in [2.24, 2.45) is 13.0 Å². The summed E-state index contributed by atoms with van der Waals surface area (Å²) in [7, 11) is 1.75. The van der Waals surface area contributed by atoms with Crippen molar-refractivity contribution in [3.63, 3.8) is 0 Å². The fourth-order valence-electron chi connectivity index (χ4n) is 4.04. The van der Waals surface area contributed by atoms with Gasteiger partial charge in [-0.05, 0) is 18.6 Å². The molecule has 1 atom stereocenters. The average Bonchev–Trinajstić information content (AvgIpc) is 3.00. The molecule has 2 aliphatic heterocycles. The fourth-order valence-corrected chi connectivity index (χ4v) is 4.04. The number of amides is 2. The first-order valence-corrected chi connectivity index (χ1v) is 9.56. The van der Waals surface area contributed by atoms with Crippen LogP contribution in [0.15, 0.2) is 48.5 Å². The summed E-state index contributed by atoms with van der Waals surface area (Å²) in [5.74, 6) is 1.57. The Kier molecular flexibility index (Phi) is 3.91. The summed E-state index contributed by atoms with van der Waals surface area (Å²) in [6.45, 7) is 1.86. The van der Waals surface area contributed by atoms with E-state index in [0.717, 1.165) is 16.7 Å². The zero-order valence-electron chi connectivity index (χ0n) is 16.1. The third kappa shape index (κ3) is 2.77. The van der Waals surface area contributed by atoms with E-state index in [1.165, 1.54) is 0 Å². The topological polar surface area (TPSA) is 85.2 Å². The molecule has 2 aliphatic rings. The maximum Gasteiger partial charge on any atom is 0.237 e. The highest BCUT2D eigenvalue weighted by Gasteiger charge is 2.34. The molecular formula is C22H20N4O3. The molecule has 7 heteroatoms. The lowest BCUT2D eigenvalue weighted by atomic mass is 9.87. The molecule has 146 valence electrons. The van der Waals surface area contributed by atoms with Gasteiger partial charge in [0.1, 0.15) is 17.3 Å². The van der Waals surface area contributed by atoms with Gasteiger partial charge in [0.2, 0.25) is 11.8 Å². The number of ether oxygens (including phenoxy) is 1. The van der Waals surface area contributed by atoms with Gasteiger partial charge in [-0.25, -0.2) is 0 Å². The Morgan fingerprint density at radius 1 is 1.14 bits per heavy atom. The zero-order valence-corrected chi connectivity index (χ0v) is 16.1. The van der Waals surface area contributed by atoms with Crippen LogP contribution in [0.4, 0.5) is 11.6 Å². The van der Waals surface area contributed by atoms with E-state index < -0.39 is 5.92 Å². The monoisotopic (exact) mass is 388 g/mol. The van der Waals surface area contributed by atoms with E-state index >= 15 is 0 Å². The summed E-state index contributed by atoms with van der Waals surface area (Å²) < 4.78 is 7.58. The summed E-state index contributed by atoms with van der Waals surface area (Å²) in [4.78, 5) is 25.4. The Morgan fingerprint density at radius 3 is 2.41 bits per heavy atom. The van der Waals surface area contributed by atoms with Gasteiger partial charge in [0.05, 0.1) is 5.92 Å². The second-order valence-electron chi connectivity index (χ2n) is 7.49. The Labute approximate surface area is 167 Å². The van der Waals surface area contributed by atoms with Crippen molar-refractivity contribution in [1.29, 1.82) is 0 Å². The lowest BCUT2D eigenvalue weighted by Gasteiger charge is -2.27. The number of anilines is 2. The molecule has 0 aliphatic carbocycles. The van der Waals surface area contributed by atoms with Gasteiger partial charge in [0, 0.05) is 29.7 Å². The zero-order chi connectivity index (χ0) is 20.1. The number of hydrogen-bond donors (Lipinski definition) is 2. The third-order valence-corrected chi connectivity index (χ3v) is 5.53. The van der Waals surface area contributed by atoms with Crippen LogP contribution in [0.2, 0.25) is 0 Å². The molecule has 0 spiro atoms. The van der Waals surface area contributed by atoms with Crippen molar-refractivity contribution in [3.8, 4) is 11.5 Å². The summed E-state index contributed by atoms with van der Waals surface area (Å²) in [6, 6.07) is 15.1. The van der Waals surface area contributed by atoms with E-state index in [2.05, 4.69) is 15.7 Å². The summed E-state index contributed by atoms with van der Waals surface area (Å²) >= 11 is 0. The maximum atomic E-state index is 13.4. The van der Waals surface area contributed by atoms with E-state index in [9.17, 15) is 9.59 Å². The first-order valence-electron chi connectivity index (χ1n) is 9.56. The van der Waals surface area contributed by atoms with Gasteiger partial charge >= 0.3 is 0 Å². The molecule has 3 aromatic rings. The number of fused-ring (bicyclic) bond motifs is 3. The van der Waals surface area contributed by atoms with Crippen LogP contribution in [0, 0.1) is 5.92 Å². The number of nitrogens with one attached hydrogen (secondary N) is 2. The molecule has 7 nitrogen and oxygen atoms in total. The molecule has 1 aromatic heterocycles. The summed E-state index contributed by atoms with van der Waals surface area (Å²) in [5, 5.41) is 10.3. The molecule has 0 radical (unpaired) electrons. The van der Waals surface area contributed by atoms with Gasteiger partial charge < -0.3 is 15.4 Å². The Morgan fingerprint density at radius 2 is 1.76 bits per heavy atom. The van der Waals surface area contributed by atoms with E-state index in [0.29, 0.717) is 29.6 Å². The van der Waals surface area contributed by atoms with Crippen molar-refractivity contribution in [1.82, 2.24) is 9.78 Å². The molecule has 29 heavy (non-hydrogen) atoms. The van der Waals surface area contributed by atoms with Crippen LogP contribution in [0.5, 0.6) is 11.5 Å². The second-order valence-corrected chi connectivity index (χ2v) is 7.49. The lowest BCUT2D eigenvalue weighted by molar-refractivity contribution is -0.119. The quantitative estimate of drug-likeness (QED) is 0.704. The number of benzene rings is 2. The highest BCUT2D eigenvalue weighted by Crippen LogP contribution is 2.44. The normalized spacial score (nSPS) is 17.4. The minimum atomic E-state index is -0.510. The van der Waals surface area contributed by atoms with Crippen molar-refractivity contribution < 1.29 is 14.3 Å². The Bertz CT molecular complexity index is 1110. The molecule has 2 aromatic carbocycles. The van der Waals surface area contributed by atoms with E-state index in [-0.39, 0.29) is 17.7 Å². The number of hydrogen-bond acceptors (Lipinski definition) is 4. The molecule has 5 rings (SSSR count). The highest BCUT2D eigenvalue weighted by molar-refractivity contribution is 6.01. The maximum absolute atomic E-state index is 13.4. The molecular weight excluding hydrogens is 368 g/mol. The highest BCUT2D eigenvalue weighted by atomic mass is 16.5. The van der Waals surface area contributed by atoms with Crippen LogP contribution in [0.25, 0.3) is 0 Å². The van der Waals surface area contributed by atoms with Crippen LogP contribution in [-0.4, -0.2) is 21.6 Å². The fraction of sp³-hybridized carbons (Fsp3) is 0.227. The average molecular weight is 388 g/mol. The smallest absolute Gasteiger partial charge is 0.237 e. The first-order chi connectivity index (χ1) is 14.0. The summed E-state index contributed by atoms with van der Waals surface area (Å²) in [5.41, 5.74) is 2.48. The molecule has 0 unspecified atom stereocenters. The Balaban J connectivity index is 1.53. The predicted molar refractivity (Wildman–Crippen MR) is 108 cm³/mol. The van der Waals surface area contributed by atoms with Crippen LogP contribution >= 0.6 is 0 Å². The molecule has 0 saturated heterocycles. The second kappa shape index (κ2) is 6.48. The molecule has 2 amide bonds. The van der Waals surface area contributed by atoms with Gasteiger partial charge in [0.25, 0.3) is 0 Å². The van der Waals surface area contributed by atoms with Crippen molar-refractivity contribution in [2.75, 3.05) is 10.6 Å². The first kappa shape index (κ1) is 17.5. The van der Waals surface area contributed by atoms with Crippen molar-refractivity contribution in [3.05, 3.63) is 65.2 Å².